The summed E-state index contributed by atoms with van der Waals surface area (Å²) in [6.45, 7) is 5.03. The van der Waals surface area contributed by atoms with Crippen molar-refractivity contribution in [2.75, 3.05) is 0 Å². The van der Waals surface area contributed by atoms with Crippen LogP contribution >= 0.6 is 0 Å². The van der Waals surface area contributed by atoms with Crippen molar-refractivity contribution in [3.8, 4) is 0 Å². The summed E-state index contributed by atoms with van der Waals surface area (Å²) < 4.78 is 13.8. The highest BCUT2D eigenvalue weighted by Crippen LogP contribution is 2.64. The number of fused-ring (bicyclic) bond motifs is 5. The van der Waals surface area contributed by atoms with E-state index in [0.717, 1.165) is 37.0 Å². The molecule has 3 saturated carbocycles. The van der Waals surface area contributed by atoms with Gasteiger partial charge in [-0.3, -0.25) is 0 Å². The van der Waals surface area contributed by atoms with Gasteiger partial charge >= 0.3 is 0 Å². The van der Waals surface area contributed by atoms with Gasteiger partial charge in [0.05, 0.1) is 0 Å². The third-order valence-electron chi connectivity index (χ3n) is 7.82. The third-order valence-corrected chi connectivity index (χ3v) is 7.82. The van der Waals surface area contributed by atoms with Gasteiger partial charge in [-0.2, -0.15) is 0 Å². The van der Waals surface area contributed by atoms with E-state index in [-0.39, 0.29) is 0 Å². The fourth-order valence-electron chi connectivity index (χ4n) is 6.61. The van der Waals surface area contributed by atoms with Crippen LogP contribution in [-0.2, 0) is 0 Å². The molecular formula is C19H29F. The van der Waals surface area contributed by atoms with Crippen LogP contribution in [0.3, 0.4) is 0 Å². The summed E-state index contributed by atoms with van der Waals surface area (Å²) in [4.78, 5) is 0. The number of halogens is 1. The Morgan fingerprint density at radius 3 is 2.75 bits per heavy atom. The van der Waals surface area contributed by atoms with E-state index >= 15 is 0 Å². The third kappa shape index (κ3) is 1.70. The Bertz CT molecular complexity index is 439. The lowest BCUT2D eigenvalue weighted by Crippen LogP contribution is -2.49. The minimum atomic E-state index is -0.564. The molecule has 0 nitrogen and oxygen atoms in total. The minimum absolute atomic E-state index is 0.343. The highest BCUT2D eigenvalue weighted by atomic mass is 19.1. The first kappa shape index (κ1) is 13.3. The largest absolute Gasteiger partial charge is 0.247 e. The number of hydrogen-bond donors (Lipinski definition) is 0. The van der Waals surface area contributed by atoms with E-state index in [0.29, 0.717) is 10.8 Å². The fraction of sp³-hybridized carbons (Fsp3) is 0.895. The first-order valence-corrected chi connectivity index (χ1v) is 8.86. The number of alkyl halides is 1. The molecule has 3 fully saturated rings. The lowest BCUT2D eigenvalue weighted by Gasteiger charge is -2.57. The van der Waals surface area contributed by atoms with E-state index in [1.165, 1.54) is 44.1 Å². The Kier molecular flexibility index (Phi) is 2.89. The number of rotatable bonds is 0. The van der Waals surface area contributed by atoms with Gasteiger partial charge in [-0.1, -0.05) is 31.9 Å². The van der Waals surface area contributed by atoms with Crippen LogP contribution < -0.4 is 0 Å². The first-order chi connectivity index (χ1) is 9.53. The van der Waals surface area contributed by atoms with Crippen molar-refractivity contribution in [2.24, 2.45) is 28.6 Å². The fourth-order valence-corrected chi connectivity index (χ4v) is 6.61. The molecule has 0 aliphatic heterocycles. The molecule has 0 spiro atoms. The molecule has 6 unspecified atom stereocenters. The molecule has 4 rings (SSSR count). The lowest BCUT2D eigenvalue weighted by molar-refractivity contribution is -0.0303. The monoisotopic (exact) mass is 276 g/mol. The molecule has 0 aromatic rings. The van der Waals surface area contributed by atoms with Crippen LogP contribution in [0.5, 0.6) is 0 Å². The topological polar surface area (TPSA) is 0 Å². The standard InChI is InChI=1S/C19H29F/c1-18-9-3-4-16(18)15-6-5-13-12-14(20)7-11-19(13,2)17(15)8-10-18/h5,14-17H,3-4,6-12H2,1-2H3. The van der Waals surface area contributed by atoms with E-state index in [4.69, 9.17) is 0 Å². The van der Waals surface area contributed by atoms with Crippen LogP contribution in [0.25, 0.3) is 0 Å². The average Bonchev–Trinajstić information content (AvgIpc) is 2.81. The lowest BCUT2D eigenvalue weighted by atomic mass is 9.48. The van der Waals surface area contributed by atoms with Gasteiger partial charge in [-0.15, -0.1) is 0 Å². The second-order valence-corrected chi connectivity index (χ2v) is 8.68. The van der Waals surface area contributed by atoms with Gasteiger partial charge in [0.2, 0.25) is 0 Å². The maximum absolute atomic E-state index is 13.8. The van der Waals surface area contributed by atoms with Gasteiger partial charge in [0.1, 0.15) is 6.17 Å². The summed E-state index contributed by atoms with van der Waals surface area (Å²) in [5.41, 5.74) is 2.47. The normalized spacial score (nSPS) is 54.6. The molecule has 0 radical (unpaired) electrons. The summed E-state index contributed by atoms with van der Waals surface area (Å²) in [5.74, 6) is 2.71. The number of hydrogen-bond acceptors (Lipinski definition) is 0. The highest BCUT2D eigenvalue weighted by Gasteiger charge is 2.55. The molecule has 112 valence electrons. The predicted molar refractivity (Wildman–Crippen MR) is 81.2 cm³/mol. The Morgan fingerprint density at radius 2 is 1.90 bits per heavy atom. The average molecular weight is 276 g/mol. The van der Waals surface area contributed by atoms with E-state index in [9.17, 15) is 4.39 Å². The molecule has 0 aromatic heterocycles. The summed E-state index contributed by atoms with van der Waals surface area (Å²) in [5, 5.41) is 0. The summed E-state index contributed by atoms with van der Waals surface area (Å²) in [6, 6.07) is 0. The van der Waals surface area contributed by atoms with Crippen LogP contribution in [0.15, 0.2) is 11.6 Å². The SMILES string of the molecule is CC12CCCC1C1CC=C3CC(F)CCC3(C)C1CC2. The molecule has 0 N–H and O–H groups in total. The smallest absolute Gasteiger partial charge is 0.104 e. The summed E-state index contributed by atoms with van der Waals surface area (Å²) in [7, 11) is 0. The Hall–Kier alpha value is -0.330. The van der Waals surface area contributed by atoms with Crippen LogP contribution in [0.2, 0.25) is 0 Å². The van der Waals surface area contributed by atoms with Crippen LogP contribution in [0.1, 0.15) is 71.6 Å². The van der Waals surface area contributed by atoms with Crippen molar-refractivity contribution >= 4 is 0 Å². The Labute approximate surface area is 123 Å². The van der Waals surface area contributed by atoms with Gasteiger partial charge in [-0.25, -0.2) is 4.39 Å². The van der Waals surface area contributed by atoms with Crippen molar-refractivity contribution in [1.82, 2.24) is 0 Å². The maximum atomic E-state index is 13.8. The van der Waals surface area contributed by atoms with Crippen molar-refractivity contribution in [2.45, 2.75) is 77.8 Å². The molecule has 0 saturated heterocycles. The van der Waals surface area contributed by atoms with E-state index in [1.54, 1.807) is 0 Å². The Balaban J connectivity index is 1.68. The van der Waals surface area contributed by atoms with Crippen LogP contribution in [0, 0.1) is 28.6 Å². The van der Waals surface area contributed by atoms with Gasteiger partial charge in [-0.05, 0) is 73.5 Å². The van der Waals surface area contributed by atoms with E-state index < -0.39 is 6.17 Å². The molecule has 4 aliphatic rings. The Morgan fingerprint density at radius 1 is 1.05 bits per heavy atom. The molecular weight excluding hydrogens is 247 g/mol. The van der Waals surface area contributed by atoms with Gasteiger partial charge in [0.15, 0.2) is 0 Å². The zero-order valence-electron chi connectivity index (χ0n) is 13.1. The zero-order valence-corrected chi connectivity index (χ0v) is 13.1. The second kappa shape index (κ2) is 4.34. The van der Waals surface area contributed by atoms with Gasteiger partial charge in [0.25, 0.3) is 0 Å². The zero-order chi connectivity index (χ0) is 14.0. The van der Waals surface area contributed by atoms with Crippen LogP contribution in [0.4, 0.5) is 4.39 Å². The van der Waals surface area contributed by atoms with Crippen LogP contribution in [-0.4, -0.2) is 6.17 Å². The van der Waals surface area contributed by atoms with Crippen molar-refractivity contribution in [3.63, 3.8) is 0 Å². The van der Waals surface area contributed by atoms with Crippen molar-refractivity contribution < 1.29 is 4.39 Å². The highest BCUT2D eigenvalue weighted by molar-refractivity contribution is 5.25. The number of allylic oxidation sites excluding steroid dienone is 2. The molecule has 0 heterocycles. The molecule has 0 amide bonds. The van der Waals surface area contributed by atoms with Gasteiger partial charge in [0, 0.05) is 6.42 Å². The van der Waals surface area contributed by atoms with E-state index in [1.807, 2.05) is 0 Å². The predicted octanol–water partition coefficient (Wildman–Crippen LogP) is 5.68. The maximum Gasteiger partial charge on any atom is 0.104 e. The second-order valence-electron chi connectivity index (χ2n) is 8.68. The van der Waals surface area contributed by atoms with Gasteiger partial charge < -0.3 is 0 Å². The molecule has 1 heteroatoms. The summed E-state index contributed by atoms with van der Waals surface area (Å²) >= 11 is 0. The quantitative estimate of drug-likeness (QED) is 0.499. The van der Waals surface area contributed by atoms with E-state index in [2.05, 4.69) is 19.9 Å². The van der Waals surface area contributed by atoms with Crippen molar-refractivity contribution in [1.29, 1.82) is 0 Å². The molecule has 0 bridgehead atoms. The molecule has 20 heavy (non-hydrogen) atoms. The molecule has 0 aromatic carbocycles. The minimum Gasteiger partial charge on any atom is -0.247 e. The summed E-state index contributed by atoms with van der Waals surface area (Å²) in [6.07, 6.45) is 13.0. The first-order valence-electron chi connectivity index (χ1n) is 8.86. The van der Waals surface area contributed by atoms with Crippen molar-refractivity contribution in [3.05, 3.63) is 11.6 Å². The molecule has 6 atom stereocenters. The molecule has 4 aliphatic carbocycles.